The minimum atomic E-state index is -4.78. The molecular weight excluding hydrogens is 391 g/mol. The van der Waals surface area contributed by atoms with Gasteiger partial charge in [-0.2, -0.15) is 0 Å². The number of ether oxygens (including phenoxy) is 2. The van der Waals surface area contributed by atoms with Gasteiger partial charge in [0.2, 0.25) is 5.91 Å². The summed E-state index contributed by atoms with van der Waals surface area (Å²) in [5.41, 5.74) is 0.981. The third-order valence-corrected chi connectivity index (χ3v) is 4.19. The molecule has 0 bridgehead atoms. The van der Waals surface area contributed by atoms with Crippen LogP contribution in [0.3, 0.4) is 0 Å². The van der Waals surface area contributed by atoms with Crippen LogP contribution in [0.1, 0.15) is 6.42 Å². The van der Waals surface area contributed by atoms with Gasteiger partial charge in [0.15, 0.2) is 0 Å². The SMILES string of the molecule is COc1ccc(N2C[C@H](NC(=O)Nc3ccc(OC(F)(F)F)cc3)CC2=O)cc1. The number of urea groups is 1. The number of hydrogen-bond donors (Lipinski definition) is 2. The second-order valence-electron chi connectivity index (χ2n) is 6.27. The molecule has 3 rings (SSSR count). The van der Waals surface area contributed by atoms with Gasteiger partial charge < -0.3 is 25.0 Å². The van der Waals surface area contributed by atoms with Crippen molar-refractivity contribution in [3.63, 3.8) is 0 Å². The van der Waals surface area contributed by atoms with Gasteiger partial charge in [0.1, 0.15) is 11.5 Å². The number of benzene rings is 2. The maximum absolute atomic E-state index is 12.2. The Morgan fingerprint density at radius 3 is 2.28 bits per heavy atom. The van der Waals surface area contributed by atoms with Crippen LogP contribution in [0.15, 0.2) is 48.5 Å². The van der Waals surface area contributed by atoms with E-state index >= 15 is 0 Å². The van der Waals surface area contributed by atoms with E-state index < -0.39 is 18.4 Å². The Bertz CT molecular complexity index is 870. The Morgan fingerprint density at radius 1 is 1.07 bits per heavy atom. The van der Waals surface area contributed by atoms with Gasteiger partial charge in [0.05, 0.1) is 13.2 Å². The molecule has 1 atom stereocenters. The van der Waals surface area contributed by atoms with Gasteiger partial charge in [-0.05, 0) is 48.5 Å². The molecule has 10 heteroatoms. The molecule has 1 fully saturated rings. The van der Waals surface area contributed by atoms with Crippen molar-refractivity contribution in [2.75, 3.05) is 23.9 Å². The van der Waals surface area contributed by atoms with Gasteiger partial charge >= 0.3 is 12.4 Å². The van der Waals surface area contributed by atoms with Gasteiger partial charge in [-0.15, -0.1) is 13.2 Å². The van der Waals surface area contributed by atoms with Crippen LogP contribution in [-0.2, 0) is 4.79 Å². The molecule has 1 heterocycles. The van der Waals surface area contributed by atoms with E-state index in [1.807, 2.05) is 0 Å². The highest BCUT2D eigenvalue weighted by Crippen LogP contribution is 2.25. The van der Waals surface area contributed by atoms with E-state index in [1.165, 1.54) is 12.1 Å². The summed E-state index contributed by atoms with van der Waals surface area (Å²) in [6.07, 6.45) is -4.64. The van der Waals surface area contributed by atoms with Crippen molar-refractivity contribution in [3.8, 4) is 11.5 Å². The smallest absolute Gasteiger partial charge is 0.497 e. The average molecular weight is 409 g/mol. The lowest BCUT2D eigenvalue weighted by molar-refractivity contribution is -0.274. The second-order valence-corrected chi connectivity index (χ2v) is 6.27. The molecule has 3 amide bonds. The first-order chi connectivity index (χ1) is 13.7. The average Bonchev–Trinajstić information content (AvgIpc) is 3.02. The van der Waals surface area contributed by atoms with Crippen LogP contribution in [0.4, 0.5) is 29.3 Å². The highest BCUT2D eigenvalue weighted by atomic mass is 19.4. The lowest BCUT2D eigenvalue weighted by atomic mass is 10.2. The summed E-state index contributed by atoms with van der Waals surface area (Å²) >= 11 is 0. The molecule has 0 spiro atoms. The van der Waals surface area contributed by atoms with Crippen molar-refractivity contribution < 1.29 is 32.2 Å². The minimum absolute atomic E-state index is 0.130. The van der Waals surface area contributed by atoms with Crippen LogP contribution in [0.25, 0.3) is 0 Å². The van der Waals surface area contributed by atoms with Gasteiger partial charge in [-0.1, -0.05) is 0 Å². The summed E-state index contributed by atoms with van der Waals surface area (Å²) in [7, 11) is 1.55. The Morgan fingerprint density at radius 2 is 1.69 bits per heavy atom. The molecule has 1 saturated heterocycles. The van der Waals surface area contributed by atoms with E-state index in [9.17, 15) is 22.8 Å². The Labute approximate surface area is 164 Å². The predicted molar refractivity (Wildman–Crippen MR) is 99.0 cm³/mol. The van der Waals surface area contributed by atoms with Crippen molar-refractivity contribution in [2.24, 2.45) is 0 Å². The summed E-state index contributed by atoms with van der Waals surface area (Å²) in [4.78, 5) is 25.9. The van der Waals surface area contributed by atoms with Crippen LogP contribution < -0.4 is 25.0 Å². The monoisotopic (exact) mass is 409 g/mol. The fraction of sp³-hybridized carbons (Fsp3) is 0.263. The first-order valence-corrected chi connectivity index (χ1v) is 8.61. The number of rotatable bonds is 5. The first-order valence-electron chi connectivity index (χ1n) is 8.61. The number of nitrogens with one attached hydrogen (secondary N) is 2. The van der Waals surface area contributed by atoms with E-state index in [0.717, 1.165) is 12.1 Å². The number of alkyl halides is 3. The maximum atomic E-state index is 12.2. The van der Waals surface area contributed by atoms with E-state index in [1.54, 1.807) is 36.3 Å². The number of hydrogen-bond acceptors (Lipinski definition) is 4. The highest BCUT2D eigenvalue weighted by Gasteiger charge is 2.32. The lowest BCUT2D eigenvalue weighted by Gasteiger charge is -2.18. The van der Waals surface area contributed by atoms with E-state index in [0.29, 0.717) is 18.0 Å². The molecule has 1 aliphatic rings. The standard InChI is InChI=1S/C19H18F3N3O4/c1-28-15-8-4-14(5-9-15)25-11-13(10-17(25)26)24-18(27)23-12-2-6-16(7-3-12)29-19(20,21)22/h2-9,13H,10-11H2,1H3,(H2,23,24,27)/t13-/m1/s1. The topological polar surface area (TPSA) is 79.9 Å². The van der Waals surface area contributed by atoms with Crippen LogP contribution in [-0.4, -0.2) is 38.0 Å². The summed E-state index contributed by atoms with van der Waals surface area (Å²) in [6.45, 7) is 0.303. The molecule has 2 aromatic carbocycles. The molecule has 7 nitrogen and oxygen atoms in total. The number of carbonyl (C=O) groups excluding carboxylic acids is 2. The molecule has 0 aromatic heterocycles. The van der Waals surface area contributed by atoms with Crippen LogP contribution in [0.2, 0.25) is 0 Å². The quantitative estimate of drug-likeness (QED) is 0.792. The van der Waals surface area contributed by atoms with Gasteiger partial charge in [-0.3, -0.25) is 4.79 Å². The number of halogens is 3. The number of methoxy groups -OCH3 is 1. The third-order valence-electron chi connectivity index (χ3n) is 4.19. The molecule has 29 heavy (non-hydrogen) atoms. The van der Waals surface area contributed by atoms with Crippen molar-refractivity contribution in [3.05, 3.63) is 48.5 Å². The summed E-state index contributed by atoms with van der Waals surface area (Å²) in [6, 6.07) is 10.8. The zero-order chi connectivity index (χ0) is 21.0. The first kappa shape index (κ1) is 20.3. The van der Waals surface area contributed by atoms with Crippen molar-refractivity contribution >= 4 is 23.3 Å². The van der Waals surface area contributed by atoms with Crippen LogP contribution in [0, 0.1) is 0 Å². The lowest BCUT2D eigenvalue weighted by Crippen LogP contribution is -2.39. The largest absolute Gasteiger partial charge is 0.573 e. The molecular formula is C19H18F3N3O4. The fourth-order valence-electron chi connectivity index (χ4n) is 2.91. The number of amides is 3. The van der Waals surface area contributed by atoms with Crippen LogP contribution in [0.5, 0.6) is 11.5 Å². The van der Waals surface area contributed by atoms with Crippen molar-refractivity contribution in [1.29, 1.82) is 0 Å². The molecule has 0 unspecified atom stereocenters. The Hall–Kier alpha value is -3.43. The maximum Gasteiger partial charge on any atom is 0.573 e. The number of anilines is 2. The van der Waals surface area contributed by atoms with E-state index in [-0.39, 0.29) is 23.8 Å². The number of nitrogens with zero attached hydrogens (tertiary/aromatic N) is 1. The molecule has 2 N–H and O–H groups in total. The molecule has 2 aromatic rings. The zero-order valence-electron chi connectivity index (χ0n) is 15.3. The van der Waals surface area contributed by atoms with Gasteiger partial charge in [0, 0.05) is 24.3 Å². The molecule has 0 saturated carbocycles. The Kier molecular flexibility index (Phi) is 5.81. The number of carbonyl (C=O) groups is 2. The summed E-state index contributed by atoms with van der Waals surface area (Å²) < 4.78 is 45.3. The normalized spacial score (nSPS) is 16.5. The molecule has 1 aliphatic heterocycles. The molecule has 0 aliphatic carbocycles. The summed E-state index contributed by atoms with van der Waals surface area (Å²) in [5, 5.41) is 5.19. The van der Waals surface area contributed by atoms with Crippen molar-refractivity contribution in [1.82, 2.24) is 5.32 Å². The molecule has 154 valence electrons. The third kappa shape index (κ3) is 5.53. The Balaban J connectivity index is 1.53. The molecule has 0 radical (unpaired) electrons. The van der Waals surface area contributed by atoms with Crippen LogP contribution >= 0.6 is 0 Å². The van der Waals surface area contributed by atoms with Gasteiger partial charge in [0.25, 0.3) is 0 Å². The van der Waals surface area contributed by atoms with E-state index in [4.69, 9.17) is 4.74 Å². The fourth-order valence-corrected chi connectivity index (χ4v) is 2.91. The highest BCUT2D eigenvalue weighted by molar-refractivity contribution is 5.97. The second kappa shape index (κ2) is 8.29. The van der Waals surface area contributed by atoms with Gasteiger partial charge in [-0.25, -0.2) is 4.79 Å². The minimum Gasteiger partial charge on any atom is -0.497 e. The predicted octanol–water partition coefficient (Wildman–Crippen LogP) is 3.52. The zero-order valence-corrected chi connectivity index (χ0v) is 15.3. The summed E-state index contributed by atoms with van der Waals surface area (Å²) in [5.74, 6) is 0.148. The van der Waals surface area contributed by atoms with Crippen molar-refractivity contribution in [2.45, 2.75) is 18.8 Å². The van der Waals surface area contributed by atoms with E-state index in [2.05, 4.69) is 15.4 Å².